The number of nitrogens with one attached hydrogen (secondary N) is 1. The van der Waals surface area contributed by atoms with Gasteiger partial charge < -0.3 is 9.88 Å². The van der Waals surface area contributed by atoms with Crippen LogP contribution in [-0.2, 0) is 6.54 Å². The van der Waals surface area contributed by atoms with Crippen LogP contribution in [-0.4, -0.2) is 16.6 Å². The van der Waals surface area contributed by atoms with Gasteiger partial charge in [-0.25, -0.2) is 4.98 Å². The summed E-state index contributed by atoms with van der Waals surface area (Å²) in [4.78, 5) is 4.24. The van der Waals surface area contributed by atoms with Crippen molar-refractivity contribution in [2.24, 2.45) is 0 Å². The number of hydrogen-bond acceptors (Lipinski definition) is 2. The van der Waals surface area contributed by atoms with E-state index in [9.17, 15) is 0 Å². The summed E-state index contributed by atoms with van der Waals surface area (Å²) in [5.74, 6) is 0. The second-order valence-electron chi connectivity index (χ2n) is 4.11. The van der Waals surface area contributed by atoms with E-state index in [4.69, 9.17) is 0 Å². The number of hydrogen-bond donors (Lipinski definition) is 1. The molecule has 0 aliphatic heterocycles. The molecule has 0 saturated heterocycles. The quantitative estimate of drug-likeness (QED) is 0.796. The van der Waals surface area contributed by atoms with Crippen molar-refractivity contribution in [1.29, 1.82) is 0 Å². The zero-order valence-corrected chi connectivity index (χ0v) is 8.87. The second-order valence-corrected chi connectivity index (χ2v) is 4.11. The highest BCUT2D eigenvalue weighted by molar-refractivity contribution is 5.00. The van der Waals surface area contributed by atoms with Crippen molar-refractivity contribution in [3.63, 3.8) is 0 Å². The van der Waals surface area contributed by atoms with Gasteiger partial charge in [0.15, 0.2) is 0 Å². The molecule has 1 heterocycles. The van der Waals surface area contributed by atoms with Crippen molar-refractivity contribution < 1.29 is 0 Å². The van der Waals surface area contributed by atoms with E-state index >= 15 is 0 Å². The Morgan fingerprint density at radius 3 is 2.93 bits per heavy atom. The topological polar surface area (TPSA) is 29.9 Å². The van der Waals surface area contributed by atoms with E-state index in [1.165, 1.54) is 37.8 Å². The smallest absolute Gasteiger partial charge is 0.0951 e. The molecule has 78 valence electrons. The van der Waals surface area contributed by atoms with Crippen LogP contribution < -0.4 is 5.32 Å². The summed E-state index contributed by atoms with van der Waals surface area (Å²) in [7, 11) is 1.98. The Morgan fingerprint density at radius 1 is 1.43 bits per heavy atom. The normalized spacial score (nSPS) is 18.6. The molecule has 0 bridgehead atoms. The molecule has 1 fully saturated rings. The van der Waals surface area contributed by atoms with Crippen molar-refractivity contribution in [3.8, 4) is 0 Å². The molecule has 0 atom stereocenters. The van der Waals surface area contributed by atoms with E-state index in [0.29, 0.717) is 6.04 Å². The lowest BCUT2D eigenvalue weighted by Gasteiger charge is -2.24. The second kappa shape index (κ2) is 4.60. The molecule has 2 rings (SSSR count). The first kappa shape index (κ1) is 9.71. The Bertz CT molecular complexity index is 274. The average molecular weight is 193 g/mol. The summed E-state index contributed by atoms with van der Waals surface area (Å²) in [6.07, 6.45) is 10.8. The fourth-order valence-electron chi connectivity index (χ4n) is 2.34. The molecule has 1 aliphatic rings. The van der Waals surface area contributed by atoms with Gasteiger partial charge in [0.2, 0.25) is 0 Å². The minimum atomic E-state index is 0.703. The van der Waals surface area contributed by atoms with Crippen LogP contribution in [0.3, 0.4) is 0 Å². The largest absolute Gasteiger partial charge is 0.330 e. The maximum absolute atomic E-state index is 4.24. The molecule has 0 unspecified atom stereocenters. The van der Waals surface area contributed by atoms with Crippen molar-refractivity contribution in [2.45, 2.75) is 44.7 Å². The van der Waals surface area contributed by atoms with E-state index in [1.54, 1.807) is 0 Å². The van der Waals surface area contributed by atoms with Gasteiger partial charge in [-0.1, -0.05) is 19.3 Å². The van der Waals surface area contributed by atoms with Crippen molar-refractivity contribution in [1.82, 2.24) is 14.9 Å². The van der Waals surface area contributed by atoms with Crippen LogP contribution in [0.4, 0.5) is 0 Å². The Balaban J connectivity index is 2.09. The number of imidazole rings is 1. The third kappa shape index (κ3) is 1.98. The highest BCUT2D eigenvalue weighted by Crippen LogP contribution is 2.28. The van der Waals surface area contributed by atoms with Gasteiger partial charge in [0, 0.05) is 18.8 Å². The summed E-state index contributed by atoms with van der Waals surface area (Å²) in [6, 6.07) is 0.703. The van der Waals surface area contributed by atoms with Crippen LogP contribution in [0.15, 0.2) is 12.5 Å². The number of rotatable bonds is 3. The molecule has 14 heavy (non-hydrogen) atoms. The van der Waals surface area contributed by atoms with Crippen LogP contribution in [0.1, 0.15) is 43.8 Å². The van der Waals surface area contributed by atoms with Crippen LogP contribution in [0.2, 0.25) is 0 Å². The Labute approximate surface area is 85.5 Å². The van der Waals surface area contributed by atoms with Crippen molar-refractivity contribution in [3.05, 3.63) is 18.2 Å². The zero-order chi connectivity index (χ0) is 9.80. The lowest BCUT2D eigenvalue weighted by molar-refractivity contribution is 0.345. The molecule has 1 aromatic heterocycles. The van der Waals surface area contributed by atoms with Gasteiger partial charge in [0.1, 0.15) is 0 Å². The van der Waals surface area contributed by atoms with Crippen molar-refractivity contribution in [2.75, 3.05) is 7.05 Å². The SMILES string of the molecule is CNCc1cncn1C1CCCCC1. The number of aromatic nitrogens is 2. The van der Waals surface area contributed by atoms with Gasteiger partial charge in [-0.2, -0.15) is 0 Å². The molecule has 1 aromatic rings. The fraction of sp³-hybridized carbons (Fsp3) is 0.727. The minimum Gasteiger partial charge on any atom is -0.330 e. The molecule has 0 aromatic carbocycles. The monoisotopic (exact) mass is 193 g/mol. The third-order valence-corrected chi connectivity index (χ3v) is 3.07. The van der Waals surface area contributed by atoms with E-state index in [1.807, 2.05) is 19.6 Å². The van der Waals surface area contributed by atoms with E-state index in [-0.39, 0.29) is 0 Å². The van der Waals surface area contributed by atoms with Gasteiger partial charge in [-0.05, 0) is 19.9 Å². The standard InChI is InChI=1S/C11H19N3/c1-12-7-11-8-13-9-14(11)10-5-3-2-4-6-10/h8-10,12H,2-7H2,1H3. The first-order valence-electron chi connectivity index (χ1n) is 5.57. The molecular weight excluding hydrogens is 174 g/mol. The summed E-state index contributed by atoms with van der Waals surface area (Å²) in [5, 5.41) is 3.19. The average Bonchev–Trinajstić information content (AvgIpc) is 2.68. The van der Waals surface area contributed by atoms with Gasteiger partial charge in [0.25, 0.3) is 0 Å². The molecule has 3 heteroatoms. The summed E-state index contributed by atoms with van der Waals surface area (Å²) in [6.45, 7) is 0.927. The summed E-state index contributed by atoms with van der Waals surface area (Å²) >= 11 is 0. The lowest BCUT2D eigenvalue weighted by Crippen LogP contribution is -2.17. The Hall–Kier alpha value is -0.830. The van der Waals surface area contributed by atoms with Crippen LogP contribution in [0.5, 0.6) is 0 Å². The predicted octanol–water partition coefficient (Wildman–Crippen LogP) is 2.11. The van der Waals surface area contributed by atoms with Gasteiger partial charge in [-0.3, -0.25) is 0 Å². The van der Waals surface area contributed by atoms with E-state index in [2.05, 4.69) is 14.9 Å². The minimum absolute atomic E-state index is 0.703. The maximum Gasteiger partial charge on any atom is 0.0951 e. The highest BCUT2D eigenvalue weighted by atomic mass is 15.1. The maximum atomic E-state index is 4.24. The van der Waals surface area contributed by atoms with Crippen LogP contribution >= 0.6 is 0 Å². The summed E-state index contributed by atoms with van der Waals surface area (Å²) < 4.78 is 2.36. The van der Waals surface area contributed by atoms with Gasteiger partial charge >= 0.3 is 0 Å². The van der Waals surface area contributed by atoms with Gasteiger partial charge in [-0.15, -0.1) is 0 Å². The Morgan fingerprint density at radius 2 is 2.21 bits per heavy atom. The van der Waals surface area contributed by atoms with Gasteiger partial charge in [0.05, 0.1) is 12.0 Å². The molecule has 3 nitrogen and oxygen atoms in total. The van der Waals surface area contributed by atoms with Crippen LogP contribution in [0, 0.1) is 0 Å². The number of nitrogens with zero attached hydrogens (tertiary/aromatic N) is 2. The van der Waals surface area contributed by atoms with E-state index < -0.39 is 0 Å². The zero-order valence-electron chi connectivity index (χ0n) is 8.87. The summed E-state index contributed by atoms with van der Waals surface area (Å²) in [5.41, 5.74) is 1.32. The molecule has 1 saturated carbocycles. The molecule has 0 radical (unpaired) electrons. The fourth-order valence-corrected chi connectivity index (χ4v) is 2.34. The Kier molecular flexibility index (Phi) is 3.19. The highest BCUT2D eigenvalue weighted by Gasteiger charge is 2.16. The molecule has 1 aliphatic carbocycles. The first-order valence-corrected chi connectivity index (χ1v) is 5.57. The van der Waals surface area contributed by atoms with Crippen LogP contribution in [0.25, 0.3) is 0 Å². The molecule has 0 amide bonds. The molecule has 0 spiro atoms. The predicted molar refractivity (Wildman–Crippen MR) is 57.1 cm³/mol. The third-order valence-electron chi connectivity index (χ3n) is 3.07. The molecular formula is C11H19N3. The van der Waals surface area contributed by atoms with E-state index in [0.717, 1.165) is 6.54 Å². The first-order chi connectivity index (χ1) is 6.92. The van der Waals surface area contributed by atoms with Crippen molar-refractivity contribution >= 4 is 0 Å². The lowest BCUT2D eigenvalue weighted by atomic mass is 9.95. The molecule has 1 N–H and O–H groups in total.